The fraction of sp³-hybridized carbons (Fsp3) is 0.455. The number of ketones is 1. The van der Waals surface area contributed by atoms with Crippen LogP contribution < -0.4 is 5.32 Å². The maximum absolute atomic E-state index is 13.5. The highest BCUT2D eigenvalue weighted by Crippen LogP contribution is 2.55. The lowest BCUT2D eigenvalue weighted by atomic mass is 9.70. The van der Waals surface area contributed by atoms with Crippen molar-refractivity contribution in [2.75, 3.05) is 0 Å². The minimum absolute atomic E-state index is 0.0186. The van der Waals surface area contributed by atoms with Crippen LogP contribution in [0.25, 0.3) is 0 Å². The number of carbonyl (C=O) groups is 2. The summed E-state index contributed by atoms with van der Waals surface area (Å²) in [6.07, 6.45) is 7.40. The van der Waals surface area contributed by atoms with Crippen LogP contribution in [0.3, 0.4) is 0 Å². The smallest absolute Gasteiger partial charge is 0.270 e. The molecule has 2 aliphatic carbocycles. The zero-order chi connectivity index (χ0) is 19.8. The monoisotopic (exact) mass is 381 g/mol. The zero-order valence-corrected chi connectivity index (χ0v) is 16.0. The minimum atomic E-state index is -0.389. The van der Waals surface area contributed by atoms with Gasteiger partial charge in [-0.05, 0) is 62.6 Å². The molecule has 0 radical (unpaired) electrons. The number of aromatic nitrogens is 2. The van der Waals surface area contributed by atoms with Crippen LogP contribution >= 0.6 is 0 Å². The summed E-state index contributed by atoms with van der Waals surface area (Å²) in [6, 6.07) is 7.53. The van der Waals surface area contributed by atoms with E-state index < -0.39 is 0 Å². The first-order valence-corrected chi connectivity index (χ1v) is 9.80. The SMILES string of the molecule is Cc1nccc(C(=O)NC23CCCC(CC(=O)c4cccc(F)c4)(CC2)C3)n1. The van der Waals surface area contributed by atoms with E-state index in [-0.39, 0.29) is 28.5 Å². The fourth-order valence-corrected chi connectivity index (χ4v) is 5.03. The molecule has 1 heterocycles. The van der Waals surface area contributed by atoms with Gasteiger partial charge in [0.15, 0.2) is 5.78 Å². The van der Waals surface area contributed by atoms with Gasteiger partial charge in [-0.2, -0.15) is 0 Å². The Kier molecular flexibility index (Phi) is 4.73. The molecule has 0 spiro atoms. The Morgan fingerprint density at radius 2 is 2.04 bits per heavy atom. The average Bonchev–Trinajstić information content (AvgIpc) is 2.91. The fourth-order valence-electron chi connectivity index (χ4n) is 5.03. The van der Waals surface area contributed by atoms with Crippen LogP contribution in [0.5, 0.6) is 0 Å². The molecule has 0 saturated heterocycles. The van der Waals surface area contributed by atoms with Gasteiger partial charge in [-0.3, -0.25) is 9.59 Å². The van der Waals surface area contributed by atoms with Crippen molar-refractivity contribution >= 4 is 11.7 Å². The van der Waals surface area contributed by atoms with Gasteiger partial charge in [0.05, 0.1) is 0 Å². The highest BCUT2D eigenvalue weighted by Gasteiger charge is 2.52. The van der Waals surface area contributed by atoms with Crippen LogP contribution in [0.2, 0.25) is 0 Å². The molecular weight excluding hydrogens is 357 g/mol. The number of hydrogen-bond donors (Lipinski definition) is 1. The maximum Gasteiger partial charge on any atom is 0.270 e. The molecule has 4 rings (SSSR count). The van der Waals surface area contributed by atoms with E-state index in [0.29, 0.717) is 23.5 Å². The van der Waals surface area contributed by atoms with Gasteiger partial charge in [-0.25, -0.2) is 14.4 Å². The van der Waals surface area contributed by atoms with Crippen LogP contribution in [-0.4, -0.2) is 27.2 Å². The van der Waals surface area contributed by atoms with Crippen LogP contribution in [-0.2, 0) is 0 Å². The molecule has 1 N–H and O–H groups in total. The number of aryl methyl sites for hydroxylation is 1. The number of Topliss-reactive ketones (excluding diaryl/α,β-unsaturated/α-hetero) is 1. The van der Waals surface area contributed by atoms with E-state index in [2.05, 4.69) is 15.3 Å². The van der Waals surface area contributed by atoms with Gasteiger partial charge in [0.25, 0.3) is 5.91 Å². The van der Waals surface area contributed by atoms with Crippen molar-refractivity contribution in [3.63, 3.8) is 0 Å². The second-order valence-electron chi connectivity index (χ2n) is 8.36. The zero-order valence-electron chi connectivity index (χ0n) is 16.0. The standard InChI is InChI=1S/C22H24FN3O2/c1-15-24-11-6-18(25-15)20(28)26-22-8-3-7-21(14-22,9-10-22)13-19(27)16-4-2-5-17(23)12-16/h2,4-6,11-12H,3,7-10,13-14H2,1H3,(H,26,28). The Labute approximate surface area is 163 Å². The first kappa shape index (κ1) is 18.7. The second kappa shape index (κ2) is 7.08. The topological polar surface area (TPSA) is 72.0 Å². The molecule has 6 heteroatoms. The van der Waals surface area contributed by atoms with E-state index in [1.54, 1.807) is 31.3 Å². The van der Waals surface area contributed by atoms with Crippen molar-refractivity contribution < 1.29 is 14.0 Å². The molecule has 1 amide bonds. The van der Waals surface area contributed by atoms with Gasteiger partial charge in [-0.1, -0.05) is 18.6 Å². The number of nitrogens with one attached hydrogen (secondary N) is 1. The summed E-state index contributed by atoms with van der Waals surface area (Å²) in [5.74, 6) is -0.0231. The molecule has 2 unspecified atom stereocenters. The summed E-state index contributed by atoms with van der Waals surface area (Å²) >= 11 is 0. The lowest BCUT2D eigenvalue weighted by Crippen LogP contribution is -2.49. The predicted molar refractivity (Wildman–Crippen MR) is 102 cm³/mol. The van der Waals surface area contributed by atoms with Crippen molar-refractivity contribution in [3.05, 3.63) is 59.4 Å². The Balaban J connectivity index is 1.48. The largest absolute Gasteiger partial charge is 0.345 e. The molecule has 28 heavy (non-hydrogen) atoms. The van der Waals surface area contributed by atoms with Crippen molar-refractivity contribution in [1.29, 1.82) is 0 Å². The summed E-state index contributed by atoms with van der Waals surface area (Å²) in [7, 11) is 0. The molecule has 1 aromatic heterocycles. The van der Waals surface area contributed by atoms with Gasteiger partial charge in [0, 0.05) is 23.7 Å². The molecular formula is C22H24FN3O2. The highest BCUT2D eigenvalue weighted by atomic mass is 19.1. The second-order valence-corrected chi connectivity index (χ2v) is 8.36. The van der Waals surface area contributed by atoms with Crippen molar-refractivity contribution in [1.82, 2.24) is 15.3 Å². The Bertz CT molecular complexity index is 858. The molecule has 2 fully saturated rings. The molecule has 2 saturated carbocycles. The molecule has 2 aliphatic rings. The minimum Gasteiger partial charge on any atom is -0.345 e. The summed E-state index contributed by atoms with van der Waals surface area (Å²) < 4.78 is 13.5. The predicted octanol–water partition coefficient (Wildman–Crippen LogP) is 4.02. The van der Waals surface area contributed by atoms with Gasteiger partial charge < -0.3 is 5.32 Å². The Hall–Kier alpha value is -2.63. The van der Waals surface area contributed by atoms with E-state index >= 15 is 0 Å². The Morgan fingerprint density at radius 3 is 2.82 bits per heavy atom. The van der Waals surface area contributed by atoms with Crippen molar-refractivity contribution in [3.8, 4) is 0 Å². The number of amides is 1. The third-order valence-electron chi connectivity index (χ3n) is 6.28. The van der Waals surface area contributed by atoms with Gasteiger partial charge >= 0.3 is 0 Å². The number of rotatable bonds is 5. The van der Waals surface area contributed by atoms with Gasteiger partial charge in [-0.15, -0.1) is 0 Å². The van der Waals surface area contributed by atoms with E-state index in [1.807, 2.05) is 0 Å². The molecule has 0 aliphatic heterocycles. The quantitative estimate of drug-likeness (QED) is 0.794. The number of benzene rings is 1. The summed E-state index contributed by atoms with van der Waals surface area (Å²) in [5.41, 5.74) is 0.408. The van der Waals surface area contributed by atoms with E-state index in [1.165, 1.54) is 12.1 Å². The number of halogens is 1. The van der Waals surface area contributed by atoms with Crippen molar-refractivity contribution in [2.24, 2.45) is 5.41 Å². The van der Waals surface area contributed by atoms with E-state index in [4.69, 9.17) is 0 Å². The highest BCUT2D eigenvalue weighted by molar-refractivity contribution is 5.96. The van der Waals surface area contributed by atoms with Crippen LogP contribution in [0, 0.1) is 18.2 Å². The Morgan fingerprint density at radius 1 is 1.18 bits per heavy atom. The maximum atomic E-state index is 13.5. The lowest BCUT2D eigenvalue weighted by molar-refractivity contribution is 0.0800. The summed E-state index contributed by atoms with van der Waals surface area (Å²) in [5, 5.41) is 3.21. The third kappa shape index (κ3) is 3.68. The van der Waals surface area contributed by atoms with E-state index in [0.717, 1.165) is 38.5 Å². The third-order valence-corrected chi connectivity index (χ3v) is 6.28. The van der Waals surface area contributed by atoms with Gasteiger partial charge in [0.1, 0.15) is 17.3 Å². The first-order chi connectivity index (χ1) is 13.4. The normalized spacial score (nSPS) is 26.1. The lowest BCUT2D eigenvalue weighted by Gasteiger charge is -2.39. The van der Waals surface area contributed by atoms with Crippen LogP contribution in [0.1, 0.15) is 71.6 Å². The molecule has 2 aromatic rings. The first-order valence-electron chi connectivity index (χ1n) is 9.80. The molecule has 2 atom stereocenters. The number of fused-ring (bicyclic) bond motifs is 2. The number of hydrogen-bond acceptors (Lipinski definition) is 4. The van der Waals surface area contributed by atoms with Crippen molar-refractivity contribution in [2.45, 2.75) is 57.4 Å². The average molecular weight is 381 g/mol. The van der Waals surface area contributed by atoms with Gasteiger partial charge in [0.2, 0.25) is 0 Å². The number of nitrogens with zero attached hydrogens (tertiary/aromatic N) is 2. The van der Waals surface area contributed by atoms with Crippen LogP contribution in [0.4, 0.5) is 4.39 Å². The number of carbonyl (C=O) groups excluding carboxylic acids is 2. The molecule has 1 aromatic carbocycles. The molecule has 2 bridgehead atoms. The summed E-state index contributed by atoms with van der Waals surface area (Å²) in [4.78, 5) is 33.7. The summed E-state index contributed by atoms with van der Waals surface area (Å²) in [6.45, 7) is 1.76. The molecule has 146 valence electrons. The molecule has 5 nitrogen and oxygen atoms in total. The van der Waals surface area contributed by atoms with Crippen LogP contribution in [0.15, 0.2) is 36.5 Å². The van der Waals surface area contributed by atoms with E-state index in [9.17, 15) is 14.0 Å².